The zero-order chi connectivity index (χ0) is 19.5. The van der Waals surface area contributed by atoms with E-state index in [-0.39, 0.29) is 17.4 Å². The van der Waals surface area contributed by atoms with Gasteiger partial charge in [0.1, 0.15) is 23.6 Å². The monoisotopic (exact) mass is 377 g/mol. The highest BCUT2D eigenvalue weighted by molar-refractivity contribution is 5.94. The predicted octanol–water partition coefficient (Wildman–Crippen LogP) is 2.87. The van der Waals surface area contributed by atoms with Crippen LogP contribution >= 0.6 is 0 Å². The van der Waals surface area contributed by atoms with Crippen LogP contribution in [-0.2, 0) is 6.54 Å². The van der Waals surface area contributed by atoms with Crippen LogP contribution in [0.25, 0.3) is 16.8 Å². The minimum absolute atomic E-state index is 0.203. The second-order valence-electron chi connectivity index (χ2n) is 6.08. The number of ether oxygens (including phenoxy) is 1. The molecular formula is C20H16FN5O2. The van der Waals surface area contributed by atoms with Crippen molar-refractivity contribution in [2.75, 3.05) is 7.11 Å². The number of methoxy groups -OCH3 is 1. The molecule has 2 aromatic carbocycles. The van der Waals surface area contributed by atoms with E-state index in [0.29, 0.717) is 23.3 Å². The van der Waals surface area contributed by atoms with Gasteiger partial charge in [-0.1, -0.05) is 24.3 Å². The SMILES string of the molecule is COc1cccc(CNC(=O)c2cc(-c3ccc(F)cc3)c3nncn3n2)c1. The van der Waals surface area contributed by atoms with Gasteiger partial charge in [0.25, 0.3) is 5.91 Å². The van der Waals surface area contributed by atoms with Crippen molar-refractivity contribution < 1.29 is 13.9 Å². The number of carbonyl (C=O) groups excluding carboxylic acids is 1. The number of fused-ring (bicyclic) bond motifs is 1. The molecular weight excluding hydrogens is 361 g/mol. The Bertz CT molecular complexity index is 1140. The van der Waals surface area contributed by atoms with Gasteiger partial charge in [0.05, 0.1) is 7.11 Å². The quantitative estimate of drug-likeness (QED) is 0.578. The molecule has 2 heterocycles. The van der Waals surface area contributed by atoms with Crippen LogP contribution in [0.1, 0.15) is 16.1 Å². The van der Waals surface area contributed by atoms with E-state index in [1.165, 1.54) is 23.0 Å². The summed E-state index contributed by atoms with van der Waals surface area (Å²) in [5.74, 6) is 0.0303. The first kappa shape index (κ1) is 17.6. The maximum Gasteiger partial charge on any atom is 0.272 e. The van der Waals surface area contributed by atoms with Crippen molar-refractivity contribution in [1.29, 1.82) is 0 Å². The van der Waals surface area contributed by atoms with Crippen molar-refractivity contribution in [3.63, 3.8) is 0 Å². The summed E-state index contributed by atoms with van der Waals surface area (Å²) in [6.45, 7) is 0.323. The summed E-state index contributed by atoms with van der Waals surface area (Å²) in [5.41, 5.74) is 2.94. The van der Waals surface area contributed by atoms with E-state index < -0.39 is 0 Å². The Morgan fingerprint density at radius 2 is 2.00 bits per heavy atom. The van der Waals surface area contributed by atoms with Crippen molar-refractivity contribution in [3.05, 3.63) is 78.0 Å². The van der Waals surface area contributed by atoms with Gasteiger partial charge in [-0.25, -0.2) is 4.39 Å². The number of benzene rings is 2. The number of hydrogen-bond donors (Lipinski definition) is 1. The Morgan fingerprint density at radius 3 is 2.79 bits per heavy atom. The third-order valence-electron chi connectivity index (χ3n) is 4.24. The van der Waals surface area contributed by atoms with Crippen LogP contribution in [0, 0.1) is 5.82 Å². The van der Waals surface area contributed by atoms with Crippen LogP contribution in [0.4, 0.5) is 4.39 Å². The molecule has 7 nitrogen and oxygen atoms in total. The van der Waals surface area contributed by atoms with Crippen molar-refractivity contribution >= 4 is 11.6 Å². The lowest BCUT2D eigenvalue weighted by atomic mass is 10.1. The van der Waals surface area contributed by atoms with Gasteiger partial charge in [0.15, 0.2) is 5.65 Å². The van der Waals surface area contributed by atoms with Crippen molar-refractivity contribution in [1.82, 2.24) is 25.1 Å². The fourth-order valence-corrected chi connectivity index (χ4v) is 2.83. The molecule has 0 atom stereocenters. The molecule has 0 spiro atoms. The van der Waals surface area contributed by atoms with E-state index in [1.54, 1.807) is 25.3 Å². The molecule has 0 bridgehead atoms. The number of amides is 1. The Kier molecular flexibility index (Phi) is 4.67. The van der Waals surface area contributed by atoms with Gasteiger partial charge < -0.3 is 10.1 Å². The van der Waals surface area contributed by atoms with Gasteiger partial charge >= 0.3 is 0 Å². The average Bonchev–Trinajstić information content (AvgIpc) is 3.21. The average molecular weight is 377 g/mol. The zero-order valence-electron chi connectivity index (χ0n) is 15.0. The first-order chi connectivity index (χ1) is 13.6. The maximum absolute atomic E-state index is 13.3. The third-order valence-corrected chi connectivity index (χ3v) is 4.24. The number of aromatic nitrogens is 4. The number of nitrogens with one attached hydrogen (secondary N) is 1. The van der Waals surface area contributed by atoms with Gasteiger partial charge in [0, 0.05) is 12.1 Å². The van der Waals surface area contributed by atoms with E-state index in [4.69, 9.17) is 4.74 Å². The molecule has 4 rings (SSSR count). The standard InChI is InChI=1S/C20H16FN5O2/c1-28-16-4-2-3-13(9-16)11-22-20(27)18-10-17(14-5-7-15(21)8-6-14)19-24-23-12-26(19)25-18/h2-10,12H,11H2,1H3,(H,22,27). The van der Waals surface area contributed by atoms with Gasteiger partial charge in [-0.15, -0.1) is 10.2 Å². The molecule has 2 aromatic heterocycles. The van der Waals surface area contributed by atoms with Gasteiger partial charge in [0.2, 0.25) is 0 Å². The van der Waals surface area contributed by atoms with Crippen molar-refractivity contribution in [2.45, 2.75) is 6.54 Å². The lowest BCUT2D eigenvalue weighted by molar-refractivity contribution is 0.0944. The molecule has 8 heteroatoms. The smallest absolute Gasteiger partial charge is 0.272 e. The second kappa shape index (κ2) is 7.43. The van der Waals surface area contributed by atoms with E-state index in [9.17, 15) is 9.18 Å². The first-order valence-corrected chi connectivity index (χ1v) is 8.52. The van der Waals surface area contributed by atoms with Gasteiger partial charge in [-0.05, 0) is 41.5 Å². The normalized spacial score (nSPS) is 10.8. The highest BCUT2D eigenvalue weighted by Crippen LogP contribution is 2.24. The zero-order valence-corrected chi connectivity index (χ0v) is 15.0. The molecule has 0 saturated carbocycles. The van der Waals surface area contributed by atoms with E-state index in [1.807, 2.05) is 24.3 Å². The number of hydrogen-bond acceptors (Lipinski definition) is 5. The molecule has 1 N–H and O–H groups in total. The molecule has 0 aliphatic heterocycles. The summed E-state index contributed by atoms with van der Waals surface area (Å²) in [6, 6.07) is 15.0. The Balaban J connectivity index is 1.62. The number of carbonyl (C=O) groups is 1. The maximum atomic E-state index is 13.3. The molecule has 0 radical (unpaired) electrons. The summed E-state index contributed by atoms with van der Waals surface area (Å²) < 4.78 is 19.9. The summed E-state index contributed by atoms with van der Waals surface area (Å²) in [7, 11) is 1.59. The Labute approximate surface area is 159 Å². The number of rotatable bonds is 5. The largest absolute Gasteiger partial charge is 0.497 e. The minimum Gasteiger partial charge on any atom is -0.497 e. The lowest BCUT2D eigenvalue weighted by Gasteiger charge is -2.09. The number of halogens is 1. The van der Waals surface area contributed by atoms with Gasteiger partial charge in [-0.2, -0.15) is 9.61 Å². The Morgan fingerprint density at radius 1 is 1.18 bits per heavy atom. The van der Waals surface area contributed by atoms with E-state index in [0.717, 1.165) is 11.3 Å². The van der Waals surface area contributed by atoms with E-state index >= 15 is 0 Å². The summed E-state index contributed by atoms with van der Waals surface area (Å²) in [6.07, 6.45) is 1.42. The van der Waals surface area contributed by atoms with E-state index in [2.05, 4.69) is 20.6 Å². The Hall–Kier alpha value is -3.81. The van der Waals surface area contributed by atoms with Crippen LogP contribution in [-0.4, -0.2) is 32.8 Å². The second-order valence-corrected chi connectivity index (χ2v) is 6.08. The molecule has 28 heavy (non-hydrogen) atoms. The van der Waals surface area contributed by atoms with Crippen LogP contribution in [0.15, 0.2) is 60.9 Å². The van der Waals surface area contributed by atoms with Crippen LogP contribution in [0.3, 0.4) is 0 Å². The minimum atomic E-state index is -0.346. The molecule has 1 amide bonds. The summed E-state index contributed by atoms with van der Waals surface area (Å²) in [5, 5.41) is 15.0. The fourth-order valence-electron chi connectivity index (χ4n) is 2.83. The molecule has 0 aliphatic rings. The fraction of sp³-hybridized carbons (Fsp3) is 0.100. The first-order valence-electron chi connectivity index (χ1n) is 8.52. The van der Waals surface area contributed by atoms with Crippen LogP contribution in [0.2, 0.25) is 0 Å². The lowest BCUT2D eigenvalue weighted by Crippen LogP contribution is -2.24. The molecule has 0 fully saturated rings. The molecule has 140 valence electrons. The molecule has 4 aromatic rings. The van der Waals surface area contributed by atoms with Crippen LogP contribution in [0.5, 0.6) is 5.75 Å². The molecule has 0 aliphatic carbocycles. The topological polar surface area (TPSA) is 81.4 Å². The van der Waals surface area contributed by atoms with Crippen molar-refractivity contribution in [2.24, 2.45) is 0 Å². The third kappa shape index (κ3) is 3.52. The predicted molar refractivity (Wildman–Crippen MR) is 100 cm³/mol. The highest BCUT2D eigenvalue weighted by atomic mass is 19.1. The molecule has 0 saturated heterocycles. The number of nitrogens with zero attached hydrogens (tertiary/aromatic N) is 4. The van der Waals surface area contributed by atoms with Gasteiger partial charge in [-0.3, -0.25) is 4.79 Å². The highest BCUT2D eigenvalue weighted by Gasteiger charge is 2.15. The van der Waals surface area contributed by atoms with Crippen molar-refractivity contribution in [3.8, 4) is 16.9 Å². The summed E-state index contributed by atoms with van der Waals surface area (Å²) >= 11 is 0. The molecule has 0 unspecified atom stereocenters. The van der Waals surface area contributed by atoms with Crippen LogP contribution < -0.4 is 10.1 Å². The summed E-state index contributed by atoms with van der Waals surface area (Å²) in [4.78, 5) is 12.7.